The Balaban J connectivity index is 1.76. The third kappa shape index (κ3) is 4.68. The molecule has 1 aromatic rings. The van der Waals surface area contributed by atoms with Crippen molar-refractivity contribution in [1.29, 1.82) is 0 Å². The van der Waals surface area contributed by atoms with Crippen molar-refractivity contribution in [3.05, 3.63) is 24.0 Å². The van der Waals surface area contributed by atoms with Crippen LogP contribution in [0, 0.1) is 5.82 Å². The lowest BCUT2D eigenvalue weighted by Crippen LogP contribution is -2.43. The fraction of sp³-hybridized carbons (Fsp3) is 0.533. The number of likely N-dealkylation sites (tertiary alicyclic amines) is 1. The van der Waals surface area contributed by atoms with Crippen LogP contribution >= 0.6 is 0 Å². The molecule has 1 aromatic carbocycles. The summed E-state index contributed by atoms with van der Waals surface area (Å²) in [5, 5.41) is 12.6. The molecule has 21 heavy (non-hydrogen) atoms. The lowest BCUT2D eigenvalue weighted by molar-refractivity contribution is -0.116. The fourth-order valence-electron chi connectivity index (χ4n) is 2.36. The number of piperidine rings is 1. The van der Waals surface area contributed by atoms with E-state index in [1.807, 2.05) is 6.92 Å². The summed E-state index contributed by atoms with van der Waals surface area (Å²) < 4.78 is 13.0. The highest BCUT2D eigenvalue weighted by atomic mass is 19.1. The molecule has 0 radical (unpaired) electrons. The first kappa shape index (κ1) is 15.7. The number of nitrogen functional groups attached to an aromatic ring is 1. The Morgan fingerprint density at radius 1 is 1.48 bits per heavy atom. The van der Waals surface area contributed by atoms with Crippen molar-refractivity contribution in [3.8, 4) is 0 Å². The zero-order valence-corrected chi connectivity index (χ0v) is 12.2. The number of hydrogen-bond acceptors (Lipinski definition) is 4. The summed E-state index contributed by atoms with van der Waals surface area (Å²) >= 11 is 0. The molecular formula is C15H22FN3O2. The van der Waals surface area contributed by atoms with Crippen LogP contribution in [0.1, 0.15) is 26.2 Å². The van der Waals surface area contributed by atoms with Gasteiger partial charge in [-0.05, 0) is 38.0 Å². The smallest absolute Gasteiger partial charge is 0.225 e. The molecule has 1 amide bonds. The Bertz CT molecular complexity index is 510. The summed E-state index contributed by atoms with van der Waals surface area (Å²) in [6, 6.07) is 4.13. The minimum Gasteiger partial charge on any atom is -0.396 e. The Hall–Kier alpha value is -1.66. The standard InChI is InChI=1S/C15H22FN3O2/c1-15(21)5-8-19(9-6-15)7-4-14(20)18-11-2-3-12(16)13(17)10-11/h2-3,10,21H,4-9,17H2,1H3,(H,18,20). The summed E-state index contributed by atoms with van der Waals surface area (Å²) in [7, 11) is 0. The Morgan fingerprint density at radius 2 is 2.14 bits per heavy atom. The lowest BCUT2D eigenvalue weighted by atomic mass is 9.94. The molecule has 0 aromatic heterocycles. The van der Waals surface area contributed by atoms with Crippen molar-refractivity contribution < 1.29 is 14.3 Å². The minimum atomic E-state index is -0.579. The van der Waals surface area contributed by atoms with Gasteiger partial charge in [-0.15, -0.1) is 0 Å². The van der Waals surface area contributed by atoms with E-state index in [0.717, 1.165) is 25.9 Å². The molecule has 0 bridgehead atoms. The topological polar surface area (TPSA) is 78.6 Å². The van der Waals surface area contributed by atoms with E-state index < -0.39 is 11.4 Å². The maximum atomic E-state index is 13.0. The number of rotatable bonds is 4. The Morgan fingerprint density at radius 3 is 2.76 bits per heavy atom. The number of hydrogen-bond donors (Lipinski definition) is 3. The van der Waals surface area contributed by atoms with E-state index in [9.17, 15) is 14.3 Å². The molecule has 6 heteroatoms. The normalized spacial score (nSPS) is 18.4. The number of nitrogens with zero attached hydrogens (tertiary/aromatic N) is 1. The van der Waals surface area contributed by atoms with Gasteiger partial charge in [0.1, 0.15) is 5.82 Å². The van der Waals surface area contributed by atoms with E-state index in [0.29, 0.717) is 18.7 Å². The van der Waals surface area contributed by atoms with Crippen molar-refractivity contribution in [2.45, 2.75) is 31.8 Å². The van der Waals surface area contributed by atoms with E-state index in [-0.39, 0.29) is 11.6 Å². The van der Waals surface area contributed by atoms with Crippen LogP contribution in [-0.4, -0.2) is 41.1 Å². The highest BCUT2D eigenvalue weighted by molar-refractivity contribution is 5.91. The van der Waals surface area contributed by atoms with Crippen LogP contribution in [0.25, 0.3) is 0 Å². The number of nitrogens with two attached hydrogens (primary N) is 1. The first-order chi connectivity index (χ1) is 9.85. The van der Waals surface area contributed by atoms with Crippen LogP contribution in [-0.2, 0) is 4.79 Å². The van der Waals surface area contributed by atoms with Crippen LogP contribution in [0.3, 0.4) is 0 Å². The van der Waals surface area contributed by atoms with Crippen LogP contribution in [0.15, 0.2) is 18.2 Å². The highest BCUT2D eigenvalue weighted by Gasteiger charge is 2.27. The highest BCUT2D eigenvalue weighted by Crippen LogP contribution is 2.21. The predicted octanol–water partition coefficient (Wildman–Crippen LogP) is 1.58. The lowest BCUT2D eigenvalue weighted by Gasteiger charge is -2.35. The molecule has 0 atom stereocenters. The molecule has 2 rings (SSSR count). The summed E-state index contributed by atoms with van der Waals surface area (Å²) in [5.41, 5.74) is 5.40. The van der Waals surface area contributed by atoms with Gasteiger partial charge in [-0.25, -0.2) is 4.39 Å². The predicted molar refractivity (Wildman–Crippen MR) is 80.4 cm³/mol. The minimum absolute atomic E-state index is 0.0195. The first-order valence-corrected chi connectivity index (χ1v) is 7.15. The molecule has 1 aliphatic heterocycles. The molecule has 0 aliphatic carbocycles. The Kier molecular flexibility index (Phi) is 4.80. The number of amides is 1. The molecule has 4 N–H and O–H groups in total. The molecule has 5 nitrogen and oxygen atoms in total. The number of anilines is 2. The first-order valence-electron chi connectivity index (χ1n) is 7.15. The van der Waals surface area contributed by atoms with Gasteiger partial charge < -0.3 is 21.1 Å². The van der Waals surface area contributed by atoms with Crippen molar-refractivity contribution in [1.82, 2.24) is 4.90 Å². The van der Waals surface area contributed by atoms with E-state index in [1.54, 1.807) is 0 Å². The summed E-state index contributed by atoms with van der Waals surface area (Å²) in [4.78, 5) is 14.0. The molecule has 0 saturated carbocycles. The molecule has 1 heterocycles. The summed E-state index contributed by atoms with van der Waals surface area (Å²) in [5.74, 6) is -0.619. The van der Waals surface area contributed by atoms with Crippen molar-refractivity contribution >= 4 is 17.3 Å². The third-order valence-corrected chi connectivity index (χ3v) is 3.87. The zero-order valence-electron chi connectivity index (χ0n) is 12.2. The maximum Gasteiger partial charge on any atom is 0.225 e. The van der Waals surface area contributed by atoms with Gasteiger partial charge in [0.15, 0.2) is 0 Å². The van der Waals surface area contributed by atoms with Crippen LogP contribution in [0.4, 0.5) is 15.8 Å². The average Bonchev–Trinajstić information content (AvgIpc) is 2.42. The molecule has 1 saturated heterocycles. The van der Waals surface area contributed by atoms with Crippen LogP contribution in [0.2, 0.25) is 0 Å². The van der Waals surface area contributed by atoms with Crippen LogP contribution in [0.5, 0.6) is 0 Å². The number of carbonyl (C=O) groups excluding carboxylic acids is 1. The number of benzene rings is 1. The SMILES string of the molecule is CC1(O)CCN(CCC(=O)Nc2ccc(F)c(N)c2)CC1. The summed E-state index contributed by atoms with van der Waals surface area (Å²) in [6.45, 7) is 4.09. The molecule has 0 spiro atoms. The van der Waals surface area contributed by atoms with Gasteiger partial charge in [-0.1, -0.05) is 0 Å². The molecule has 1 fully saturated rings. The monoisotopic (exact) mass is 295 g/mol. The fourth-order valence-corrected chi connectivity index (χ4v) is 2.36. The van der Waals surface area contributed by atoms with Crippen molar-refractivity contribution in [2.24, 2.45) is 0 Å². The number of nitrogens with one attached hydrogen (secondary N) is 1. The molecule has 1 aliphatic rings. The van der Waals surface area contributed by atoms with Gasteiger partial charge in [-0.2, -0.15) is 0 Å². The van der Waals surface area contributed by atoms with Gasteiger partial charge in [0.2, 0.25) is 5.91 Å². The van der Waals surface area contributed by atoms with E-state index in [1.165, 1.54) is 18.2 Å². The number of aliphatic hydroxyl groups is 1. The molecular weight excluding hydrogens is 273 g/mol. The third-order valence-electron chi connectivity index (χ3n) is 3.87. The average molecular weight is 295 g/mol. The van der Waals surface area contributed by atoms with E-state index in [4.69, 9.17) is 5.73 Å². The largest absolute Gasteiger partial charge is 0.396 e. The Labute approximate surface area is 123 Å². The number of carbonyl (C=O) groups is 1. The van der Waals surface area contributed by atoms with Gasteiger partial charge in [0.05, 0.1) is 11.3 Å². The van der Waals surface area contributed by atoms with Crippen molar-refractivity contribution in [2.75, 3.05) is 30.7 Å². The maximum absolute atomic E-state index is 13.0. The zero-order chi connectivity index (χ0) is 15.5. The van der Waals surface area contributed by atoms with Crippen LogP contribution < -0.4 is 11.1 Å². The van der Waals surface area contributed by atoms with Gasteiger partial charge >= 0.3 is 0 Å². The molecule has 0 unspecified atom stereocenters. The quantitative estimate of drug-likeness (QED) is 0.737. The second-order valence-corrected chi connectivity index (χ2v) is 5.87. The van der Waals surface area contributed by atoms with E-state index >= 15 is 0 Å². The second kappa shape index (κ2) is 6.41. The second-order valence-electron chi connectivity index (χ2n) is 5.87. The molecule has 116 valence electrons. The number of halogens is 1. The van der Waals surface area contributed by atoms with E-state index in [2.05, 4.69) is 10.2 Å². The van der Waals surface area contributed by atoms with Gasteiger partial charge in [0.25, 0.3) is 0 Å². The van der Waals surface area contributed by atoms with Gasteiger partial charge in [-0.3, -0.25) is 4.79 Å². The van der Waals surface area contributed by atoms with Crippen molar-refractivity contribution in [3.63, 3.8) is 0 Å². The van der Waals surface area contributed by atoms with Gasteiger partial charge in [0, 0.05) is 31.7 Å². The summed E-state index contributed by atoms with van der Waals surface area (Å²) in [6.07, 6.45) is 1.81.